The molecule has 2 aliphatic carbocycles. The molecule has 0 spiro atoms. The molecule has 6 nitrogen and oxygen atoms in total. The zero-order chi connectivity index (χ0) is 25.6. The van der Waals surface area contributed by atoms with Gasteiger partial charge in [-0.15, -0.1) is 0 Å². The molecule has 0 aromatic heterocycles. The molecule has 2 fully saturated rings. The number of hydrogen-bond acceptors (Lipinski definition) is 6. The fourth-order valence-corrected chi connectivity index (χ4v) is 4.39. The van der Waals surface area contributed by atoms with Gasteiger partial charge in [0.05, 0.1) is 51.8 Å². The summed E-state index contributed by atoms with van der Waals surface area (Å²) in [6.07, 6.45) is 5.09. The first-order valence-electron chi connectivity index (χ1n) is 13.5. The Morgan fingerprint density at radius 2 is 1.03 bits per heavy atom. The fraction of sp³-hybridized carbons (Fsp3) is 1.00. The molecular weight excluding hydrogens is 428 g/mol. The third kappa shape index (κ3) is 10.8. The van der Waals surface area contributed by atoms with E-state index in [-0.39, 0.29) is 21.9 Å². The van der Waals surface area contributed by atoms with E-state index in [0.29, 0.717) is 57.3 Å². The zero-order valence-corrected chi connectivity index (χ0v) is 24.0. The molecule has 0 aromatic carbocycles. The molecule has 2 saturated carbocycles. The largest absolute Gasteiger partial charge is 0.379 e. The first-order chi connectivity index (χ1) is 15.6. The van der Waals surface area contributed by atoms with Crippen LogP contribution in [0.3, 0.4) is 0 Å². The van der Waals surface area contributed by atoms with Crippen LogP contribution in [0, 0.1) is 10.8 Å². The second kappa shape index (κ2) is 12.3. The molecule has 2 rings (SSSR count). The topological polar surface area (TPSA) is 61.0 Å². The summed E-state index contributed by atoms with van der Waals surface area (Å²) < 4.78 is 23.7. The minimum absolute atomic E-state index is 0.0118. The van der Waals surface area contributed by atoms with Crippen LogP contribution in [0.1, 0.15) is 94.9 Å². The average Bonchev–Trinajstić information content (AvgIpc) is 2.60. The van der Waals surface area contributed by atoms with Gasteiger partial charge in [-0.2, -0.15) is 0 Å². The maximum absolute atomic E-state index is 6.05. The molecule has 0 aliphatic heterocycles. The Kier molecular flexibility index (Phi) is 10.9. The van der Waals surface area contributed by atoms with Gasteiger partial charge in [0.1, 0.15) is 0 Å². The van der Waals surface area contributed by atoms with Crippen molar-refractivity contribution in [2.75, 3.05) is 39.6 Å². The van der Waals surface area contributed by atoms with Crippen molar-refractivity contribution in [3.05, 3.63) is 0 Å². The predicted molar refractivity (Wildman–Crippen MR) is 141 cm³/mol. The molecule has 0 amide bonds. The molecule has 34 heavy (non-hydrogen) atoms. The summed E-state index contributed by atoms with van der Waals surface area (Å²) in [6, 6.07) is 1.10. The summed E-state index contributed by atoms with van der Waals surface area (Å²) in [5.74, 6) is 0. The highest BCUT2D eigenvalue weighted by Gasteiger charge is 2.41. The Labute approximate surface area is 210 Å². The van der Waals surface area contributed by atoms with Crippen LogP contribution in [0.15, 0.2) is 0 Å². The summed E-state index contributed by atoms with van der Waals surface area (Å²) in [6.45, 7) is 26.6. The van der Waals surface area contributed by atoms with Crippen molar-refractivity contribution in [2.24, 2.45) is 10.8 Å². The maximum Gasteiger partial charge on any atom is 0.0704 e. The van der Waals surface area contributed by atoms with Crippen LogP contribution in [-0.2, 0) is 18.9 Å². The van der Waals surface area contributed by atoms with Crippen LogP contribution in [0.25, 0.3) is 0 Å². The molecule has 202 valence electrons. The molecule has 0 heterocycles. The van der Waals surface area contributed by atoms with Crippen molar-refractivity contribution in [3.8, 4) is 0 Å². The number of hydrogen-bond donors (Lipinski definition) is 2. The predicted octanol–water partition coefficient (Wildman–Crippen LogP) is 4.94. The molecule has 0 atom stereocenters. The first kappa shape index (κ1) is 30.0. The second-order valence-electron chi connectivity index (χ2n) is 14.0. The Bertz CT molecular complexity index is 582. The van der Waals surface area contributed by atoms with Gasteiger partial charge in [0.2, 0.25) is 0 Å². The van der Waals surface area contributed by atoms with Crippen LogP contribution in [-0.4, -0.2) is 75.0 Å². The molecule has 0 unspecified atom stereocenters. The zero-order valence-electron chi connectivity index (χ0n) is 24.0. The second-order valence-corrected chi connectivity index (χ2v) is 14.0. The summed E-state index contributed by atoms with van der Waals surface area (Å²) in [5, 5.41) is 7.50. The normalized spacial score (nSPS) is 26.3. The molecular formula is C28H56N2O4. The van der Waals surface area contributed by atoms with Gasteiger partial charge in [0, 0.05) is 28.6 Å². The number of ether oxygens (including phenoxy) is 4. The molecule has 0 saturated heterocycles. The summed E-state index contributed by atoms with van der Waals surface area (Å²) in [4.78, 5) is 0. The summed E-state index contributed by atoms with van der Waals surface area (Å²) in [5.41, 5.74) is 0.376. The lowest BCUT2D eigenvalue weighted by molar-refractivity contribution is -0.0715. The van der Waals surface area contributed by atoms with Crippen molar-refractivity contribution in [3.63, 3.8) is 0 Å². The molecule has 2 N–H and O–H groups in total. The van der Waals surface area contributed by atoms with Gasteiger partial charge < -0.3 is 29.6 Å². The molecule has 0 bridgehead atoms. The van der Waals surface area contributed by atoms with Gasteiger partial charge in [0.25, 0.3) is 0 Å². The van der Waals surface area contributed by atoms with Gasteiger partial charge in [0.15, 0.2) is 0 Å². The lowest BCUT2D eigenvalue weighted by Crippen LogP contribution is -2.60. The van der Waals surface area contributed by atoms with Crippen LogP contribution in [0.2, 0.25) is 0 Å². The quantitative estimate of drug-likeness (QED) is 0.321. The minimum Gasteiger partial charge on any atom is -0.379 e. The highest BCUT2D eigenvalue weighted by atomic mass is 16.5. The summed E-state index contributed by atoms with van der Waals surface area (Å²) in [7, 11) is 0. The Morgan fingerprint density at radius 3 is 1.47 bits per heavy atom. The van der Waals surface area contributed by atoms with E-state index in [9.17, 15) is 0 Å². The number of rotatable bonds is 15. The fourth-order valence-electron chi connectivity index (χ4n) is 4.39. The van der Waals surface area contributed by atoms with Crippen LogP contribution < -0.4 is 10.6 Å². The van der Waals surface area contributed by atoms with Crippen LogP contribution in [0.5, 0.6) is 0 Å². The van der Waals surface area contributed by atoms with Gasteiger partial charge in [-0.3, -0.25) is 0 Å². The van der Waals surface area contributed by atoms with Gasteiger partial charge in [-0.05, 0) is 65.7 Å². The molecule has 6 heteroatoms. The average molecular weight is 485 g/mol. The van der Waals surface area contributed by atoms with Gasteiger partial charge in [-0.25, -0.2) is 0 Å². The van der Waals surface area contributed by atoms with E-state index in [1.807, 2.05) is 0 Å². The van der Waals surface area contributed by atoms with E-state index < -0.39 is 0 Å². The van der Waals surface area contributed by atoms with E-state index >= 15 is 0 Å². The Hall–Kier alpha value is -0.240. The molecule has 0 aromatic rings. The van der Waals surface area contributed by atoms with E-state index in [0.717, 1.165) is 32.3 Å². The Balaban J connectivity index is 1.52. The van der Waals surface area contributed by atoms with Crippen molar-refractivity contribution in [1.29, 1.82) is 0 Å². The SMILES string of the molecule is CC(C)(C)COCCOC1CC(NC(C)(C)C(C)(C)COCCOC2CC(NC(C)(C)C)C2)C1. The highest BCUT2D eigenvalue weighted by Crippen LogP contribution is 2.34. The third-order valence-corrected chi connectivity index (χ3v) is 7.24. The monoisotopic (exact) mass is 484 g/mol. The van der Waals surface area contributed by atoms with Gasteiger partial charge in [-0.1, -0.05) is 34.6 Å². The molecule has 0 radical (unpaired) electrons. The van der Waals surface area contributed by atoms with Crippen molar-refractivity contribution in [2.45, 2.75) is 130 Å². The molecule has 2 aliphatic rings. The minimum atomic E-state index is -0.0286. The van der Waals surface area contributed by atoms with E-state index in [4.69, 9.17) is 18.9 Å². The number of nitrogens with one attached hydrogen (secondary N) is 2. The highest BCUT2D eigenvalue weighted by molar-refractivity contribution is 4.99. The van der Waals surface area contributed by atoms with E-state index in [1.54, 1.807) is 0 Å². The van der Waals surface area contributed by atoms with Crippen LogP contribution >= 0.6 is 0 Å². The lowest BCUT2D eigenvalue weighted by atomic mass is 9.73. The third-order valence-electron chi connectivity index (χ3n) is 7.24. The van der Waals surface area contributed by atoms with E-state index in [1.165, 1.54) is 0 Å². The first-order valence-corrected chi connectivity index (χ1v) is 13.5. The van der Waals surface area contributed by atoms with Crippen LogP contribution in [0.4, 0.5) is 0 Å². The maximum atomic E-state index is 6.05. The van der Waals surface area contributed by atoms with Gasteiger partial charge >= 0.3 is 0 Å². The van der Waals surface area contributed by atoms with E-state index in [2.05, 4.69) is 79.9 Å². The van der Waals surface area contributed by atoms with Crippen molar-refractivity contribution >= 4 is 0 Å². The Morgan fingerprint density at radius 1 is 0.588 bits per heavy atom. The standard InChI is InChI=1S/C28H56N2O4/c1-25(2,3)19-31-11-13-33-24-17-22(18-24)30-28(9,10)27(7,8)20-32-12-14-34-23-15-21(16-23)29-26(4,5)6/h21-24,29-30H,11-20H2,1-10H3. The van der Waals surface area contributed by atoms with Crippen molar-refractivity contribution in [1.82, 2.24) is 10.6 Å². The smallest absolute Gasteiger partial charge is 0.0704 e. The van der Waals surface area contributed by atoms with Crippen molar-refractivity contribution < 1.29 is 18.9 Å². The summed E-state index contributed by atoms with van der Waals surface area (Å²) >= 11 is 0. The lowest BCUT2D eigenvalue weighted by Gasteiger charge is -2.48.